The van der Waals surface area contributed by atoms with Gasteiger partial charge in [-0.25, -0.2) is 17.6 Å². The molecule has 0 radical (unpaired) electrons. The fraction of sp³-hybridized carbons (Fsp3) is 0.125. The van der Waals surface area contributed by atoms with Gasteiger partial charge in [0.2, 0.25) is 5.76 Å². The molecule has 0 fully saturated rings. The van der Waals surface area contributed by atoms with Crippen molar-refractivity contribution in [3.05, 3.63) is 155 Å². The first kappa shape index (κ1) is 43.5. The Kier molecular flexibility index (Phi) is 18.5. The molecule has 280 valence electrons. The largest absolute Gasteiger partial charge is 0.411 e. The van der Waals surface area contributed by atoms with E-state index >= 15 is 0 Å². The Hall–Kier alpha value is -6.69. The van der Waals surface area contributed by atoms with Crippen LogP contribution in [0.25, 0.3) is 22.5 Å². The fourth-order valence-electron chi connectivity index (χ4n) is 3.60. The Morgan fingerprint density at radius 1 is 0.722 bits per heavy atom. The van der Waals surface area contributed by atoms with Crippen LogP contribution in [-0.4, -0.2) is 50.1 Å². The van der Waals surface area contributed by atoms with Crippen molar-refractivity contribution in [1.29, 1.82) is 0 Å². The molecule has 0 spiro atoms. The molecular formula is C40H35F4N3O7. The molecule has 0 aliphatic rings. The number of rotatable bonds is 6. The quantitative estimate of drug-likeness (QED) is 0.0289. The minimum atomic E-state index is -0.688. The number of carbonyl (C=O) groups is 2. The van der Waals surface area contributed by atoms with Crippen LogP contribution >= 0.6 is 0 Å². The minimum absolute atomic E-state index is 0.184. The number of benzene rings is 4. The van der Waals surface area contributed by atoms with Crippen molar-refractivity contribution < 1.29 is 51.6 Å². The Bertz CT molecular complexity index is 2070. The van der Waals surface area contributed by atoms with Crippen molar-refractivity contribution in [2.24, 2.45) is 5.16 Å². The van der Waals surface area contributed by atoms with Crippen LogP contribution in [0.2, 0.25) is 0 Å². The summed E-state index contributed by atoms with van der Waals surface area (Å²) in [5.41, 5.74) is 3.76. The topological polar surface area (TPSA) is 159 Å². The molecular weight excluding hydrogens is 710 g/mol. The zero-order valence-corrected chi connectivity index (χ0v) is 29.1. The van der Waals surface area contributed by atoms with Crippen molar-refractivity contribution in [2.75, 3.05) is 0 Å². The molecule has 14 heteroatoms. The number of Topliss-reactive ketones (excluding diaryl/α,β-unsaturated/α-hetero) is 1. The second kappa shape index (κ2) is 23.0. The molecule has 0 bridgehead atoms. The zero-order valence-electron chi connectivity index (χ0n) is 29.1. The summed E-state index contributed by atoms with van der Waals surface area (Å²) in [7, 11) is 0. The molecule has 0 aliphatic carbocycles. The van der Waals surface area contributed by atoms with Crippen molar-refractivity contribution in [3.8, 4) is 34.9 Å². The molecule has 0 aliphatic heterocycles. The fourth-order valence-corrected chi connectivity index (χ4v) is 3.60. The van der Waals surface area contributed by atoms with Gasteiger partial charge >= 0.3 is 0 Å². The van der Waals surface area contributed by atoms with Crippen molar-refractivity contribution >= 4 is 18.3 Å². The van der Waals surface area contributed by atoms with Gasteiger partial charge in [-0.2, -0.15) is 0 Å². The van der Waals surface area contributed by atoms with E-state index in [2.05, 4.69) is 27.8 Å². The Morgan fingerprint density at radius 2 is 1.11 bits per heavy atom. The first-order valence-electron chi connectivity index (χ1n) is 15.7. The number of ketones is 1. The Balaban J connectivity index is 0.000000244. The molecule has 2 aromatic heterocycles. The zero-order chi connectivity index (χ0) is 40.0. The minimum Gasteiger partial charge on any atom is -0.411 e. The molecule has 6 aromatic rings. The summed E-state index contributed by atoms with van der Waals surface area (Å²) in [6.07, 6.45) is 5.31. The van der Waals surface area contributed by atoms with E-state index in [1.807, 2.05) is 0 Å². The maximum Gasteiger partial charge on any atom is 0.202 e. The molecule has 4 aromatic carbocycles. The number of aliphatic hydroxyl groups is 2. The van der Waals surface area contributed by atoms with Crippen LogP contribution in [0.3, 0.4) is 0 Å². The summed E-state index contributed by atoms with van der Waals surface area (Å²) >= 11 is 0. The monoisotopic (exact) mass is 745 g/mol. The number of carbonyl (C=O) groups excluding carboxylic acids is 2. The number of hydrogen-bond acceptors (Lipinski definition) is 10. The third-order valence-electron chi connectivity index (χ3n) is 6.40. The highest BCUT2D eigenvalue weighted by atomic mass is 19.1. The van der Waals surface area contributed by atoms with Crippen LogP contribution < -0.4 is 0 Å². The van der Waals surface area contributed by atoms with Gasteiger partial charge in [0.1, 0.15) is 53.2 Å². The smallest absolute Gasteiger partial charge is 0.202 e. The first-order valence-corrected chi connectivity index (χ1v) is 15.7. The lowest BCUT2D eigenvalue weighted by Gasteiger charge is -1.94. The van der Waals surface area contributed by atoms with E-state index in [0.717, 1.165) is 5.56 Å². The summed E-state index contributed by atoms with van der Waals surface area (Å²) in [5.74, 6) is 1.28. The molecule has 6 rings (SSSR count). The summed E-state index contributed by atoms with van der Waals surface area (Å²) in [6.45, 7) is 4.53. The summed E-state index contributed by atoms with van der Waals surface area (Å²) in [4.78, 5) is 20.9. The number of halogens is 4. The van der Waals surface area contributed by atoms with Gasteiger partial charge in [-0.3, -0.25) is 9.59 Å². The SMILES string of the molecule is C#CC(C)O.CC(=O)c1cc(-c2ccc(F)cc2)no1.CC(O)c1cc(-c2ccc(F)cc2)no1.O/N=C/c1ccc(F)cc1.O=Cc1ccc(F)cc1. The molecule has 0 saturated heterocycles. The van der Waals surface area contributed by atoms with Gasteiger partial charge in [0.15, 0.2) is 11.5 Å². The normalized spacial score (nSPS) is 11.0. The predicted octanol–water partition coefficient (Wildman–Crippen LogP) is 8.49. The Labute approximate surface area is 308 Å². The van der Waals surface area contributed by atoms with Gasteiger partial charge in [0, 0.05) is 35.7 Å². The highest BCUT2D eigenvalue weighted by molar-refractivity contribution is 5.92. The molecule has 2 unspecified atom stereocenters. The van der Waals surface area contributed by atoms with Crippen LogP contribution in [0.15, 0.2) is 123 Å². The van der Waals surface area contributed by atoms with Crippen molar-refractivity contribution in [3.63, 3.8) is 0 Å². The summed E-state index contributed by atoms with van der Waals surface area (Å²) in [6, 6.07) is 25.9. The van der Waals surface area contributed by atoms with Crippen LogP contribution in [0.4, 0.5) is 17.6 Å². The van der Waals surface area contributed by atoms with Gasteiger partial charge in [-0.15, -0.1) is 6.42 Å². The lowest BCUT2D eigenvalue weighted by molar-refractivity contribution is 0.0978. The average molecular weight is 746 g/mol. The number of hydrogen-bond donors (Lipinski definition) is 3. The van der Waals surface area contributed by atoms with E-state index in [-0.39, 0.29) is 34.8 Å². The molecule has 2 heterocycles. The number of nitrogens with zero attached hydrogens (tertiary/aromatic N) is 3. The van der Waals surface area contributed by atoms with E-state index in [1.54, 1.807) is 44.2 Å². The summed E-state index contributed by atoms with van der Waals surface area (Å²) < 4.78 is 59.4. The van der Waals surface area contributed by atoms with Crippen molar-refractivity contribution in [2.45, 2.75) is 33.0 Å². The van der Waals surface area contributed by atoms with Crippen LogP contribution in [0.1, 0.15) is 59.1 Å². The standard InChI is InChI=1S/C11H10FNO2.C11H8FNO2.C7H6FNO.C7H5FO.C4H6O/c2*1-7(14)11-6-10(13-15-11)8-2-4-9(12)5-3-8;8-7-3-1-6(2-4-7)5-9-10;8-7-3-1-6(5-9)2-4-7;1-3-4(2)5/h2-7,14H,1H3;2-6H,1H3;1-5,10H;1-5H;1,4-5H,2H3/b;;9-5+;;. The lowest BCUT2D eigenvalue weighted by Crippen LogP contribution is -1.90. The van der Waals surface area contributed by atoms with E-state index < -0.39 is 12.2 Å². The average Bonchev–Trinajstić information content (AvgIpc) is 3.87. The number of aromatic nitrogens is 2. The second-order valence-corrected chi connectivity index (χ2v) is 10.7. The van der Waals surface area contributed by atoms with Crippen LogP contribution in [0, 0.1) is 35.6 Å². The number of terminal acetylenes is 1. The highest BCUT2D eigenvalue weighted by Crippen LogP contribution is 2.22. The van der Waals surface area contributed by atoms with E-state index in [9.17, 15) is 32.3 Å². The van der Waals surface area contributed by atoms with Gasteiger partial charge in [-0.1, -0.05) is 33.5 Å². The van der Waals surface area contributed by atoms with Gasteiger partial charge in [0.05, 0.1) is 6.21 Å². The maximum atomic E-state index is 12.7. The molecule has 2 atom stereocenters. The Morgan fingerprint density at radius 3 is 1.44 bits per heavy atom. The third kappa shape index (κ3) is 16.1. The number of aldehydes is 1. The van der Waals surface area contributed by atoms with Crippen molar-refractivity contribution in [1.82, 2.24) is 10.3 Å². The van der Waals surface area contributed by atoms with Crippen LogP contribution in [0.5, 0.6) is 0 Å². The van der Waals surface area contributed by atoms with Gasteiger partial charge in [0.25, 0.3) is 0 Å². The second-order valence-electron chi connectivity index (χ2n) is 10.7. The molecule has 3 N–H and O–H groups in total. The van der Waals surface area contributed by atoms with Gasteiger partial charge < -0.3 is 24.5 Å². The van der Waals surface area contributed by atoms with E-state index in [1.165, 1.54) is 92.0 Å². The summed E-state index contributed by atoms with van der Waals surface area (Å²) in [5, 5.41) is 35.7. The van der Waals surface area contributed by atoms with Gasteiger partial charge in [-0.05, 0) is 104 Å². The number of aliphatic hydroxyl groups excluding tert-OH is 2. The molecule has 0 amide bonds. The maximum absolute atomic E-state index is 12.7. The number of oxime groups is 1. The molecule has 0 saturated carbocycles. The highest BCUT2D eigenvalue weighted by Gasteiger charge is 2.11. The predicted molar refractivity (Wildman–Crippen MR) is 193 cm³/mol. The molecule has 10 nitrogen and oxygen atoms in total. The molecule has 54 heavy (non-hydrogen) atoms. The lowest BCUT2D eigenvalue weighted by atomic mass is 10.1. The van der Waals surface area contributed by atoms with E-state index in [0.29, 0.717) is 40.1 Å². The van der Waals surface area contributed by atoms with Crippen LogP contribution in [-0.2, 0) is 0 Å². The first-order chi connectivity index (χ1) is 25.8. The third-order valence-corrected chi connectivity index (χ3v) is 6.40. The van der Waals surface area contributed by atoms with E-state index in [4.69, 9.17) is 19.4 Å².